The number of carbonyl (C=O) groups is 1. The largest absolute Gasteiger partial charge is 0.395 e. The fraction of sp³-hybridized carbons (Fsp3) is 0.923. The number of amides is 1. The van der Waals surface area contributed by atoms with Crippen LogP contribution in [0.25, 0.3) is 0 Å². The van der Waals surface area contributed by atoms with E-state index < -0.39 is 0 Å². The van der Waals surface area contributed by atoms with Gasteiger partial charge in [-0.3, -0.25) is 9.69 Å². The highest BCUT2D eigenvalue weighted by molar-refractivity contribution is 5.86. The average Bonchev–Trinajstić information content (AvgIpc) is 2.89. The SMILES string of the molecule is CCC1(C(=O)N2CCN(CCO)CC2)CCCN1. The molecular weight excluding hydrogens is 230 g/mol. The minimum absolute atomic E-state index is 0.203. The monoisotopic (exact) mass is 255 g/mol. The summed E-state index contributed by atoms with van der Waals surface area (Å²) in [6, 6.07) is 0. The van der Waals surface area contributed by atoms with E-state index in [9.17, 15) is 4.79 Å². The van der Waals surface area contributed by atoms with Crippen molar-refractivity contribution in [3.8, 4) is 0 Å². The van der Waals surface area contributed by atoms with Crippen LogP contribution in [0.15, 0.2) is 0 Å². The summed E-state index contributed by atoms with van der Waals surface area (Å²) in [5.74, 6) is 0.283. The van der Waals surface area contributed by atoms with Gasteiger partial charge in [-0.05, 0) is 25.8 Å². The second-order valence-corrected chi connectivity index (χ2v) is 5.32. The number of hydrogen-bond donors (Lipinski definition) is 2. The zero-order valence-corrected chi connectivity index (χ0v) is 11.3. The Morgan fingerprint density at radius 2 is 2.06 bits per heavy atom. The number of β-amino-alcohol motifs (C(OH)–C–C–N with tert-alkyl or cyclic N) is 1. The third kappa shape index (κ3) is 2.68. The quantitative estimate of drug-likeness (QED) is 0.721. The lowest BCUT2D eigenvalue weighted by Crippen LogP contribution is -2.59. The Morgan fingerprint density at radius 3 is 2.56 bits per heavy atom. The van der Waals surface area contributed by atoms with E-state index in [1.807, 2.05) is 4.90 Å². The molecule has 5 nitrogen and oxygen atoms in total. The fourth-order valence-corrected chi connectivity index (χ4v) is 3.06. The summed E-state index contributed by atoms with van der Waals surface area (Å²) in [6.07, 6.45) is 2.95. The molecular formula is C13H25N3O2. The van der Waals surface area contributed by atoms with E-state index in [0.29, 0.717) is 0 Å². The predicted octanol–water partition coefficient (Wildman–Crippen LogP) is -0.345. The molecule has 0 aromatic rings. The standard InChI is InChI=1S/C13H25N3O2/c1-2-13(4-3-5-14-13)12(18)16-8-6-15(7-9-16)10-11-17/h14,17H,2-11H2,1H3. The van der Waals surface area contributed by atoms with Crippen LogP contribution in [0, 0.1) is 0 Å². The summed E-state index contributed by atoms with van der Waals surface area (Å²) < 4.78 is 0. The summed E-state index contributed by atoms with van der Waals surface area (Å²) in [4.78, 5) is 16.8. The van der Waals surface area contributed by atoms with Gasteiger partial charge in [0.25, 0.3) is 0 Å². The van der Waals surface area contributed by atoms with Gasteiger partial charge in [-0.2, -0.15) is 0 Å². The third-order valence-corrected chi connectivity index (χ3v) is 4.33. The minimum atomic E-state index is -0.293. The summed E-state index contributed by atoms with van der Waals surface area (Å²) in [6.45, 7) is 7.33. The first-order valence-electron chi connectivity index (χ1n) is 7.09. The zero-order valence-electron chi connectivity index (χ0n) is 11.3. The molecule has 5 heteroatoms. The molecule has 2 saturated heterocycles. The molecule has 2 aliphatic rings. The predicted molar refractivity (Wildman–Crippen MR) is 70.4 cm³/mol. The van der Waals surface area contributed by atoms with E-state index in [-0.39, 0.29) is 18.1 Å². The van der Waals surface area contributed by atoms with E-state index in [4.69, 9.17) is 5.11 Å². The maximum Gasteiger partial charge on any atom is 0.242 e. The normalized spacial score (nSPS) is 29.8. The Kier molecular flexibility index (Phi) is 4.59. The van der Waals surface area contributed by atoms with Crippen molar-refractivity contribution in [2.45, 2.75) is 31.7 Å². The van der Waals surface area contributed by atoms with Crippen LogP contribution in [0.1, 0.15) is 26.2 Å². The number of nitrogens with zero attached hydrogens (tertiary/aromatic N) is 2. The van der Waals surface area contributed by atoms with Crippen LogP contribution in [-0.2, 0) is 4.79 Å². The van der Waals surface area contributed by atoms with Crippen LogP contribution in [0.2, 0.25) is 0 Å². The average molecular weight is 255 g/mol. The molecule has 2 heterocycles. The molecule has 0 aromatic heterocycles. The van der Waals surface area contributed by atoms with E-state index >= 15 is 0 Å². The van der Waals surface area contributed by atoms with Crippen LogP contribution in [0.5, 0.6) is 0 Å². The van der Waals surface area contributed by atoms with Crippen LogP contribution in [0.3, 0.4) is 0 Å². The Balaban J connectivity index is 1.90. The van der Waals surface area contributed by atoms with E-state index in [1.165, 1.54) is 0 Å². The van der Waals surface area contributed by atoms with Gasteiger partial charge in [0.15, 0.2) is 0 Å². The maximum atomic E-state index is 12.6. The molecule has 2 rings (SSSR count). The van der Waals surface area contributed by atoms with Gasteiger partial charge in [0.1, 0.15) is 0 Å². The first kappa shape index (κ1) is 13.8. The summed E-state index contributed by atoms with van der Waals surface area (Å²) in [5.41, 5.74) is -0.293. The van der Waals surface area contributed by atoms with Gasteiger partial charge in [-0.1, -0.05) is 6.92 Å². The lowest BCUT2D eigenvalue weighted by molar-refractivity contribution is -0.139. The molecule has 104 valence electrons. The van der Waals surface area contributed by atoms with Crippen molar-refractivity contribution in [3.63, 3.8) is 0 Å². The van der Waals surface area contributed by atoms with E-state index in [2.05, 4.69) is 17.1 Å². The van der Waals surface area contributed by atoms with Gasteiger partial charge in [0, 0.05) is 32.7 Å². The zero-order chi connectivity index (χ0) is 13.0. The highest BCUT2D eigenvalue weighted by Gasteiger charge is 2.42. The van der Waals surface area contributed by atoms with Gasteiger partial charge < -0.3 is 15.3 Å². The maximum absolute atomic E-state index is 12.6. The number of nitrogens with one attached hydrogen (secondary N) is 1. The summed E-state index contributed by atoms with van der Waals surface area (Å²) >= 11 is 0. The number of aliphatic hydroxyl groups excluding tert-OH is 1. The van der Waals surface area contributed by atoms with Gasteiger partial charge in [0.05, 0.1) is 12.1 Å². The van der Waals surface area contributed by atoms with Crippen molar-refractivity contribution in [1.82, 2.24) is 15.1 Å². The van der Waals surface area contributed by atoms with Gasteiger partial charge in [-0.15, -0.1) is 0 Å². The first-order valence-corrected chi connectivity index (χ1v) is 7.09. The molecule has 2 N–H and O–H groups in total. The van der Waals surface area contributed by atoms with Crippen molar-refractivity contribution in [3.05, 3.63) is 0 Å². The molecule has 0 spiro atoms. The molecule has 2 fully saturated rings. The van der Waals surface area contributed by atoms with Crippen molar-refractivity contribution in [2.75, 3.05) is 45.9 Å². The van der Waals surface area contributed by atoms with Crippen LogP contribution < -0.4 is 5.32 Å². The molecule has 1 atom stereocenters. The number of carbonyl (C=O) groups excluding carboxylic acids is 1. The smallest absolute Gasteiger partial charge is 0.242 e. The van der Waals surface area contributed by atoms with Crippen molar-refractivity contribution < 1.29 is 9.90 Å². The molecule has 0 bridgehead atoms. The van der Waals surface area contributed by atoms with Crippen LogP contribution in [0.4, 0.5) is 0 Å². The Morgan fingerprint density at radius 1 is 1.33 bits per heavy atom. The lowest BCUT2D eigenvalue weighted by atomic mass is 9.92. The number of hydrogen-bond acceptors (Lipinski definition) is 4. The molecule has 0 aliphatic carbocycles. The van der Waals surface area contributed by atoms with Gasteiger partial charge in [-0.25, -0.2) is 0 Å². The van der Waals surface area contributed by atoms with Crippen molar-refractivity contribution >= 4 is 5.91 Å². The molecule has 18 heavy (non-hydrogen) atoms. The molecule has 0 saturated carbocycles. The van der Waals surface area contributed by atoms with Gasteiger partial charge >= 0.3 is 0 Å². The topological polar surface area (TPSA) is 55.8 Å². The second kappa shape index (κ2) is 5.99. The van der Waals surface area contributed by atoms with Crippen molar-refractivity contribution in [2.24, 2.45) is 0 Å². The number of rotatable bonds is 4. The molecule has 2 aliphatic heterocycles. The lowest BCUT2D eigenvalue weighted by Gasteiger charge is -2.39. The highest BCUT2D eigenvalue weighted by Crippen LogP contribution is 2.25. The third-order valence-electron chi connectivity index (χ3n) is 4.33. The summed E-state index contributed by atoms with van der Waals surface area (Å²) in [5, 5.41) is 12.3. The Hall–Kier alpha value is -0.650. The summed E-state index contributed by atoms with van der Waals surface area (Å²) in [7, 11) is 0. The fourth-order valence-electron chi connectivity index (χ4n) is 3.06. The van der Waals surface area contributed by atoms with Crippen LogP contribution >= 0.6 is 0 Å². The number of aliphatic hydroxyl groups is 1. The van der Waals surface area contributed by atoms with Crippen molar-refractivity contribution in [1.29, 1.82) is 0 Å². The second-order valence-electron chi connectivity index (χ2n) is 5.32. The van der Waals surface area contributed by atoms with Crippen LogP contribution in [-0.4, -0.2) is 72.2 Å². The molecule has 0 radical (unpaired) electrons. The van der Waals surface area contributed by atoms with E-state index in [0.717, 1.165) is 58.5 Å². The minimum Gasteiger partial charge on any atom is -0.395 e. The number of piperazine rings is 1. The van der Waals surface area contributed by atoms with E-state index in [1.54, 1.807) is 0 Å². The molecule has 1 unspecified atom stereocenters. The Labute approximate surface area is 109 Å². The Bertz CT molecular complexity index is 282. The molecule has 1 amide bonds. The highest BCUT2D eigenvalue weighted by atomic mass is 16.3. The molecule has 0 aromatic carbocycles. The van der Waals surface area contributed by atoms with Gasteiger partial charge in [0.2, 0.25) is 5.91 Å². The first-order chi connectivity index (χ1) is 8.72.